The zero-order valence-electron chi connectivity index (χ0n) is 10.4. The zero-order chi connectivity index (χ0) is 10.8. The summed E-state index contributed by atoms with van der Waals surface area (Å²) in [5.74, 6) is 0.788. The lowest BCUT2D eigenvalue weighted by Crippen LogP contribution is -2.48. The van der Waals surface area contributed by atoms with Crippen molar-refractivity contribution in [3.8, 4) is 0 Å². The summed E-state index contributed by atoms with van der Waals surface area (Å²) in [5, 5.41) is 3.71. The number of nitrogens with one attached hydrogen (secondary N) is 1. The summed E-state index contributed by atoms with van der Waals surface area (Å²) in [7, 11) is 2.22. The second kappa shape index (κ2) is 4.63. The average Bonchev–Trinajstić information content (AvgIpc) is 2.00. The Bertz CT molecular complexity index is 172. The van der Waals surface area contributed by atoms with Gasteiger partial charge in [0.2, 0.25) is 0 Å². The Kier molecular flexibility index (Phi) is 3.96. The second-order valence-electron chi connectivity index (χ2n) is 6.08. The Hall–Kier alpha value is -0.0800. The summed E-state index contributed by atoms with van der Waals surface area (Å²) in [6, 6.07) is 0.727. The molecule has 2 heteroatoms. The van der Waals surface area contributed by atoms with Crippen LogP contribution in [0.5, 0.6) is 0 Å². The molecule has 1 N–H and O–H groups in total. The maximum absolute atomic E-state index is 3.71. The minimum atomic E-state index is 0.406. The Morgan fingerprint density at radius 3 is 2.50 bits per heavy atom. The molecule has 0 aliphatic carbocycles. The van der Waals surface area contributed by atoms with E-state index in [0.29, 0.717) is 5.41 Å². The maximum Gasteiger partial charge on any atom is 0.0117 e. The largest absolute Gasteiger partial charge is 0.313 e. The van der Waals surface area contributed by atoms with Crippen molar-refractivity contribution in [3.05, 3.63) is 0 Å². The van der Waals surface area contributed by atoms with Crippen LogP contribution in [-0.2, 0) is 0 Å². The lowest BCUT2D eigenvalue weighted by Gasteiger charge is -2.36. The molecule has 0 aromatic heterocycles. The van der Waals surface area contributed by atoms with Gasteiger partial charge in [-0.3, -0.25) is 0 Å². The molecule has 1 rings (SSSR count). The van der Waals surface area contributed by atoms with E-state index >= 15 is 0 Å². The van der Waals surface area contributed by atoms with Crippen molar-refractivity contribution in [1.29, 1.82) is 0 Å². The molecule has 0 spiro atoms. The van der Waals surface area contributed by atoms with Gasteiger partial charge in [0.25, 0.3) is 0 Å². The normalized spacial score (nSPS) is 30.6. The van der Waals surface area contributed by atoms with Gasteiger partial charge in [-0.05, 0) is 31.3 Å². The van der Waals surface area contributed by atoms with Gasteiger partial charge < -0.3 is 10.2 Å². The first-order valence-corrected chi connectivity index (χ1v) is 5.80. The van der Waals surface area contributed by atoms with Gasteiger partial charge in [0.05, 0.1) is 0 Å². The van der Waals surface area contributed by atoms with E-state index in [9.17, 15) is 0 Å². The average molecular weight is 198 g/mol. The van der Waals surface area contributed by atoms with E-state index < -0.39 is 0 Å². The Balaban J connectivity index is 2.31. The highest BCUT2D eigenvalue weighted by atomic mass is 15.1. The van der Waals surface area contributed by atoms with Gasteiger partial charge in [-0.2, -0.15) is 0 Å². The van der Waals surface area contributed by atoms with Crippen molar-refractivity contribution in [2.24, 2.45) is 11.3 Å². The van der Waals surface area contributed by atoms with Gasteiger partial charge in [-0.1, -0.05) is 27.7 Å². The first-order valence-electron chi connectivity index (χ1n) is 5.80. The van der Waals surface area contributed by atoms with E-state index in [2.05, 4.69) is 45.0 Å². The van der Waals surface area contributed by atoms with Crippen LogP contribution >= 0.6 is 0 Å². The van der Waals surface area contributed by atoms with Crippen LogP contribution in [-0.4, -0.2) is 37.6 Å². The van der Waals surface area contributed by atoms with Crippen molar-refractivity contribution >= 4 is 0 Å². The third kappa shape index (κ3) is 3.97. The topological polar surface area (TPSA) is 15.3 Å². The molecule has 2 unspecified atom stereocenters. The minimum Gasteiger partial charge on any atom is -0.313 e. The first-order chi connectivity index (χ1) is 6.38. The molecule has 1 heterocycles. The van der Waals surface area contributed by atoms with Crippen LogP contribution in [0.1, 0.15) is 34.1 Å². The van der Waals surface area contributed by atoms with Crippen LogP contribution in [0.2, 0.25) is 0 Å². The zero-order valence-corrected chi connectivity index (χ0v) is 10.4. The van der Waals surface area contributed by atoms with E-state index in [1.165, 1.54) is 19.5 Å². The van der Waals surface area contributed by atoms with Gasteiger partial charge in [-0.25, -0.2) is 0 Å². The number of likely N-dealkylation sites (tertiary alicyclic amines) is 1. The molecule has 14 heavy (non-hydrogen) atoms. The molecule has 0 radical (unpaired) electrons. The number of hydrogen-bond acceptors (Lipinski definition) is 2. The van der Waals surface area contributed by atoms with Crippen LogP contribution in [0.25, 0.3) is 0 Å². The molecule has 0 bridgehead atoms. The number of piperidine rings is 1. The Morgan fingerprint density at radius 2 is 2.00 bits per heavy atom. The lowest BCUT2D eigenvalue weighted by molar-refractivity contribution is 0.166. The van der Waals surface area contributed by atoms with E-state index in [0.717, 1.165) is 18.5 Å². The van der Waals surface area contributed by atoms with Gasteiger partial charge in [0, 0.05) is 19.1 Å². The van der Waals surface area contributed by atoms with Crippen molar-refractivity contribution in [2.75, 3.05) is 26.7 Å². The van der Waals surface area contributed by atoms with Gasteiger partial charge in [-0.15, -0.1) is 0 Å². The van der Waals surface area contributed by atoms with Crippen LogP contribution in [0.15, 0.2) is 0 Å². The van der Waals surface area contributed by atoms with E-state index in [-0.39, 0.29) is 0 Å². The molecule has 0 aromatic carbocycles. The number of hydrogen-bond donors (Lipinski definition) is 1. The minimum absolute atomic E-state index is 0.406. The number of rotatable bonds is 2. The number of nitrogens with zero attached hydrogens (tertiary/aromatic N) is 1. The van der Waals surface area contributed by atoms with E-state index in [1.54, 1.807) is 0 Å². The monoisotopic (exact) mass is 198 g/mol. The van der Waals surface area contributed by atoms with E-state index in [4.69, 9.17) is 0 Å². The van der Waals surface area contributed by atoms with E-state index in [1.807, 2.05) is 0 Å². The lowest BCUT2D eigenvalue weighted by atomic mass is 9.91. The Morgan fingerprint density at radius 1 is 1.36 bits per heavy atom. The summed E-state index contributed by atoms with van der Waals surface area (Å²) in [4.78, 5) is 2.43. The molecule has 1 saturated heterocycles. The van der Waals surface area contributed by atoms with Crippen LogP contribution in [0, 0.1) is 11.3 Å². The smallest absolute Gasteiger partial charge is 0.0117 e. The molecular formula is C12H26N2. The highest BCUT2D eigenvalue weighted by Gasteiger charge is 2.24. The van der Waals surface area contributed by atoms with Crippen LogP contribution in [0.4, 0.5) is 0 Å². The van der Waals surface area contributed by atoms with Crippen molar-refractivity contribution in [1.82, 2.24) is 10.2 Å². The third-order valence-corrected chi connectivity index (χ3v) is 3.00. The molecule has 2 atom stereocenters. The quantitative estimate of drug-likeness (QED) is 0.730. The summed E-state index contributed by atoms with van der Waals surface area (Å²) in [6.07, 6.45) is 1.30. The standard InChI is InChI=1S/C12H26N2/c1-10-8-14(5)7-6-11(10)13-9-12(2,3)4/h10-11,13H,6-9H2,1-5H3. The Labute approximate surface area is 89.1 Å². The van der Waals surface area contributed by atoms with Crippen molar-refractivity contribution in [2.45, 2.75) is 40.2 Å². The van der Waals surface area contributed by atoms with Crippen LogP contribution < -0.4 is 5.32 Å². The molecule has 0 amide bonds. The maximum atomic E-state index is 3.71. The first kappa shape index (κ1) is 12.0. The predicted molar refractivity (Wildman–Crippen MR) is 62.5 cm³/mol. The summed E-state index contributed by atoms with van der Waals surface area (Å²) < 4.78 is 0. The second-order valence-corrected chi connectivity index (χ2v) is 6.08. The summed E-state index contributed by atoms with van der Waals surface area (Å²) in [5.41, 5.74) is 0.406. The fourth-order valence-corrected chi connectivity index (χ4v) is 2.09. The molecule has 1 aliphatic rings. The van der Waals surface area contributed by atoms with Gasteiger partial charge >= 0.3 is 0 Å². The van der Waals surface area contributed by atoms with Crippen molar-refractivity contribution < 1.29 is 0 Å². The molecule has 0 aromatic rings. The molecule has 84 valence electrons. The fourth-order valence-electron chi connectivity index (χ4n) is 2.09. The van der Waals surface area contributed by atoms with Gasteiger partial charge in [0.15, 0.2) is 0 Å². The molecule has 2 nitrogen and oxygen atoms in total. The third-order valence-electron chi connectivity index (χ3n) is 3.00. The SMILES string of the molecule is CC1CN(C)CCC1NCC(C)(C)C. The highest BCUT2D eigenvalue weighted by Crippen LogP contribution is 2.17. The molecule has 0 saturated carbocycles. The van der Waals surface area contributed by atoms with Crippen molar-refractivity contribution in [3.63, 3.8) is 0 Å². The fraction of sp³-hybridized carbons (Fsp3) is 1.00. The molecular weight excluding hydrogens is 172 g/mol. The highest BCUT2D eigenvalue weighted by molar-refractivity contribution is 4.82. The molecule has 1 aliphatic heterocycles. The summed E-state index contributed by atoms with van der Waals surface area (Å²) >= 11 is 0. The molecule has 1 fully saturated rings. The van der Waals surface area contributed by atoms with Gasteiger partial charge in [0.1, 0.15) is 0 Å². The van der Waals surface area contributed by atoms with Crippen LogP contribution in [0.3, 0.4) is 0 Å². The predicted octanol–water partition coefficient (Wildman–Crippen LogP) is 1.96. The summed E-state index contributed by atoms with van der Waals surface area (Å²) in [6.45, 7) is 12.8.